The Morgan fingerprint density at radius 1 is 1.14 bits per heavy atom. The van der Waals surface area contributed by atoms with Gasteiger partial charge < -0.3 is 0 Å². The van der Waals surface area contributed by atoms with E-state index in [-0.39, 0.29) is 12.4 Å². The number of carbonyl (C=O) groups is 1. The van der Waals surface area contributed by atoms with Crippen LogP contribution in [0, 0.1) is 0 Å². The Morgan fingerprint density at radius 2 is 1.57 bits per heavy atom. The van der Waals surface area contributed by atoms with Gasteiger partial charge in [0.2, 0.25) is 0 Å². The summed E-state index contributed by atoms with van der Waals surface area (Å²) in [7, 11) is 0. The lowest BCUT2D eigenvalue weighted by Gasteiger charge is -1.54. The van der Waals surface area contributed by atoms with Gasteiger partial charge in [0.1, 0.15) is 0 Å². The van der Waals surface area contributed by atoms with E-state index in [0.29, 0.717) is 0 Å². The Hall–Kier alpha value is -0.840. The van der Waals surface area contributed by atoms with Gasteiger partial charge in [0.05, 0.1) is 0 Å². The minimum absolute atomic E-state index is 0. The van der Waals surface area contributed by atoms with Gasteiger partial charge >= 0.3 is 6.03 Å². The summed E-state index contributed by atoms with van der Waals surface area (Å²) in [5.41, 5.74) is 0. The average Bonchev–Trinajstić information content (AvgIpc) is 1.86. The van der Waals surface area contributed by atoms with E-state index >= 15 is 0 Å². The Kier molecular flexibility index (Phi) is 2.07. The smallest absolute Gasteiger partial charge is 0.240 e. The van der Waals surface area contributed by atoms with Crippen LogP contribution in [0.2, 0.25) is 0 Å². The van der Waals surface area contributed by atoms with Crippen LogP contribution >= 0.6 is 12.4 Å². The van der Waals surface area contributed by atoms with Gasteiger partial charge in [-0.2, -0.15) is 0 Å². The van der Waals surface area contributed by atoms with Crippen LogP contribution in [0.3, 0.4) is 0 Å². The third-order valence-corrected chi connectivity index (χ3v) is 0.301. The first kappa shape index (κ1) is 6.16. The van der Waals surface area contributed by atoms with Gasteiger partial charge in [0, 0.05) is 0 Å². The van der Waals surface area contributed by atoms with Crippen molar-refractivity contribution in [3.05, 3.63) is 0 Å². The Morgan fingerprint density at radius 3 is 1.71 bits per heavy atom. The van der Waals surface area contributed by atoms with Crippen molar-refractivity contribution in [2.75, 3.05) is 0 Å². The molecule has 1 rings (SSSR count). The van der Waals surface area contributed by atoms with Crippen molar-refractivity contribution in [3.8, 4) is 0 Å². The number of hydrogen-bond donors (Lipinski definition) is 0. The van der Waals surface area contributed by atoms with E-state index in [1.807, 2.05) is 0 Å². The maximum atomic E-state index is 9.72. The van der Waals surface area contributed by atoms with Crippen molar-refractivity contribution >= 4 is 18.4 Å². The van der Waals surface area contributed by atoms with Crippen LogP contribution in [0.5, 0.6) is 0 Å². The number of nitrogens with zero attached hydrogens (tertiary/aromatic N) is 4. The zero-order valence-corrected chi connectivity index (χ0v) is 3.92. The van der Waals surface area contributed by atoms with Crippen LogP contribution in [0.25, 0.3) is 0 Å². The van der Waals surface area contributed by atoms with E-state index in [1.54, 1.807) is 0 Å². The van der Waals surface area contributed by atoms with Gasteiger partial charge in [0.25, 0.3) is 0 Å². The van der Waals surface area contributed by atoms with Crippen LogP contribution in [-0.2, 0) is 0 Å². The molecule has 0 aromatic heterocycles. The molecule has 0 fully saturated rings. The Balaban J connectivity index is 0.000000360. The first-order valence-corrected chi connectivity index (χ1v) is 1.25. The van der Waals surface area contributed by atoms with Crippen molar-refractivity contribution < 1.29 is 4.79 Å². The van der Waals surface area contributed by atoms with E-state index in [2.05, 4.69) is 20.7 Å². The molecular weight excluding hydrogens is 119 g/mol. The molecule has 1 aliphatic heterocycles. The number of halogens is 1. The van der Waals surface area contributed by atoms with Crippen LogP contribution in [0.4, 0.5) is 4.79 Å². The third kappa shape index (κ3) is 1.36. The SMILES string of the molecule is Cl.O=C1N=NN=N1. The summed E-state index contributed by atoms with van der Waals surface area (Å²) in [6, 6.07) is -0.630. The van der Waals surface area contributed by atoms with Crippen molar-refractivity contribution in [2.45, 2.75) is 0 Å². The van der Waals surface area contributed by atoms with Gasteiger partial charge in [0.15, 0.2) is 0 Å². The Bertz CT molecular complexity index is 114. The second kappa shape index (κ2) is 2.35. The highest BCUT2D eigenvalue weighted by Gasteiger charge is 1.96. The molecule has 0 saturated heterocycles. The molecule has 1 aliphatic rings. The molecule has 6 heteroatoms. The first-order chi connectivity index (χ1) is 2.89. The predicted molar refractivity (Wildman–Crippen MR) is 22.4 cm³/mol. The van der Waals surface area contributed by atoms with Crippen LogP contribution in [0.1, 0.15) is 0 Å². The lowest BCUT2D eigenvalue weighted by atomic mass is 11.2. The van der Waals surface area contributed by atoms with Gasteiger partial charge in [-0.05, 0) is 10.4 Å². The fourth-order valence-electron chi connectivity index (χ4n) is 0.137. The molecule has 0 N–H and O–H groups in total. The molecule has 0 aliphatic carbocycles. The predicted octanol–water partition coefficient (Wildman–Crippen LogP) is 1.36. The highest BCUT2D eigenvalue weighted by molar-refractivity contribution is 5.85. The maximum Gasteiger partial charge on any atom is 0.407 e. The second-order valence-corrected chi connectivity index (χ2v) is 0.661. The minimum Gasteiger partial charge on any atom is -0.240 e. The topological polar surface area (TPSA) is 66.5 Å². The maximum absolute atomic E-state index is 9.72. The summed E-state index contributed by atoms with van der Waals surface area (Å²) >= 11 is 0. The van der Waals surface area contributed by atoms with Crippen LogP contribution in [0.15, 0.2) is 20.7 Å². The molecule has 0 bridgehead atoms. The Labute approximate surface area is 44.9 Å². The van der Waals surface area contributed by atoms with E-state index in [4.69, 9.17) is 0 Å². The largest absolute Gasteiger partial charge is 0.407 e. The number of carbonyl (C=O) groups excluding carboxylic acids is 1. The summed E-state index contributed by atoms with van der Waals surface area (Å²) in [4.78, 5) is 9.72. The molecule has 0 aromatic carbocycles. The molecular formula is CHClN4O. The molecule has 0 saturated carbocycles. The zero-order chi connectivity index (χ0) is 4.41. The fourth-order valence-corrected chi connectivity index (χ4v) is 0.137. The van der Waals surface area contributed by atoms with Gasteiger partial charge in [-0.3, -0.25) is 0 Å². The highest BCUT2D eigenvalue weighted by Crippen LogP contribution is 1.93. The van der Waals surface area contributed by atoms with E-state index in [1.165, 1.54) is 0 Å². The quantitative estimate of drug-likeness (QED) is 0.476. The molecule has 7 heavy (non-hydrogen) atoms. The monoisotopic (exact) mass is 120 g/mol. The van der Waals surface area contributed by atoms with E-state index in [9.17, 15) is 4.79 Å². The molecule has 2 amide bonds. The molecule has 38 valence electrons. The summed E-state index contributed by atoms with van der Waals surface area (Å²) in [6.07, 6.45) is 0. The standard InChI is InChI=1S/CN4O.ClH/c6-1-2-4-5-3-1;/h;1H. The van der Waals surface area contributed by atoms with Crippen molar-refractivity contribution in [3.63, 3.8) is 0 Å². The molecule has 5 nitrogen and oxygen atoms in total. The van der Waals surface area contributed by atoms with E-state index in [0.717, 1.165) is 0 Å². The first-order valence-electron chi connectivity index (χ1n) is 1.25. The summed E-state index contributed by atoms with van der Waals surface area (Å²) < 4.78 is 0. The number of hydrogen-bond acceptors (Lipinski definition) is 3. The number of urea groups is 1. The molecule has 0 atom stereocenters. The molecule has 0 unspecified atom stereocenters. The fraction of sp³-hybridized carbons (Fsp3) is 0. The summed E-state index contributed by atoms with van der Waals surface area (Å²) in [5.74, 6) is 0. The zero-order valence-electron chi connectivity index (χ0n) is 3.11. The second-order valence-electron chi connectivity index (χ2n) is 0.661. The van der Waals surface area contributed by atoms with Crippen molar-refractivity contribution in [1.29, 1.82) is 0 Å². The van der Waals surface area contributed by atoms with Gasteiger partial charge in [-0.25, -0.2) is 4.79 Å². The summed E-state index contributed by atoms with van der Waals surface area (Å²) in [5, 5.41) is 11.6. The summed E-state index contributed by atoms with van der Waals surface area (Å²) in [6.45, 7) is 0. The average molecular weight is 120 g/mol. The van der Waals surface area contributed by atoms with Crippen molar-refractivity contribution in [2.24, 2.45) is 20.7 Å². The normalized spacial score (nSPS) is 14.6. The molecule has 0 radical (unpaired) electrons. The van der Waals surface area contributed by atoms with Gasteiger partial charge in [-0.1, -0.05) is 10.2 Å². The van der Waals surface area contributed by atoms with Gasteiger partial charge in [-0.15, -0.1) is 12.4 Å². The highest BCUT2D eigenvalue weighted by atomic mass is 35.5. The van der Waals surface area contributed by atoms with Crippen molar-refractivity contribution in [1.82, 2.24) is 0 Å². The third-order valence-electron chi connectivity index (χ3n) is 0.301. The minimum atomic E-state index is -0.630. The lowest BCUT2D eigenvalue weighted by molar-refractivity contribution is 0.256. The molecule has 1 heterocycles. The van der Waals surface area contributed by atoms with Crippen LogP contribution in [-0.4, -0.2) is 6.03 Å². The number of amides is 2. The number of rotatable bonds is 0. The lowest BCUT2D eigenvalue weighted by Crippen LogP contribution is -1.69. The van der Waals surface area contributed by atoms with E-state index < -0.39 is 6.03 Å². The van der Waals surface area contributed by atoms with Crippen LogP contribution < -0.4 is 0 Å². The molecule has 0 spiro atoms. The molecule has 0 aromatic rings.